The average Bonchev–Trinajstić information content (AvgIpc) is 2.99. The molecule has 8 nitrogen and oxygen atoms in total. The van der Waals surface area contributed by atoms with Crippen molar-refractivity contribution in [3.05, 3.63) is 22.6 Å². The quantitative estimate of drug-likeness (QED) is 0.421. The molecule has 4 atom stereocenters. The molecule has 1 unspecified atom stereocenters. The van der Waals surface area contributed by atoms with E-state index >= 15 is 0 Å². The maximum Gasteiger partial charge on any atom is 0.261 e. The molecule has 2 aromatic heterocycles. The van der Waals surface area contributed by atoms with Crippen LogP contribution < -0.4 is 11.3 Å². The molecule has 1 aliphatic heterocycles. The zero-order valence-electron chi connectivity index (χ0n) is 13.0. The number of nitrogens with zero attached hydrogens (tertiary/aromatic N) is 2. The fourth-order valence-corrected chi connectivity index (χ4v) is 2.72. The molecule has 116 valence electrons. The van der Waals surface area contributed by atoms with E-state index in [1.54, 1.807) is 0 Å². The van der Waals surface area contributed by atoms with Gasteiger partial charge in [-0.15, -0.1) is 6.42 Å². The van der Waals surface area contributed by atoms with Crippen LogP contribution in [0, 0.1) is 12.3 Å². The van der Waals surface area contributed by atoms with Crippen molar-refractivity contribution in [2.24, 2.45) is 0 Å². The number of ether oxygens (including phenoxy) is 1. The number of aromatic amines is 1. The van der Waals surface area contributed by atoms with Gasteiger partial charge in [-0.1, -0.05) is 17.5 Å². The largest absolute Gasteiger partial charge is 0.394 e. The molecule has 22 heavy (non-hydrogen) atoms. The van der Waals surface area contributed by atoms with Gasteiger partial charge in [0.05, 0.1) is 14.7 Å². The normalized spacial score (nSPS) is 33.5. The lowest BCUT2D eigenvalue weighted by molar-refractivity contribution is -0.0435. The maximum atomic E-state index is 11.9. The number of nitrogens with two attached hydrogens (primary N) is 1. The Labute approximate surface area is 132 Å². The van der Waals surface area contributed by atoms with E-state index in [-0.39, 0.29) is 17.0 Å². The molecule has 3 rings (SSSR count). The fourth-order valence-electron chi connectivity index (χ4n) is 2.45. The van der Waals surface area contributed by atoms with E-state index in [4.69, 9.17) is 31.2 Å². The molecule has 1 fully saturated rings. The van der Waals surface area contributed by atoms with Gasteiger partial charge in [0.15, 0.2) is 16.7 Å². The minimum Gasteiger partial charge on any atom is -0.394 e. The van der Waals surface area contributed by atoms with Crippen LogP contribution in [-0.2, 0) is 4.74 Å². The Morgan fingerprint density at radius 2 is 2.50 bits per heavy atom. The molecule has 0 aromatic carbocycles. The Morgan fingerprint density at radius 3 is 3.14 bits per heavy atom. The molecule has 0 radical (unpaired) electrons. The van der Waals surface area contributed by atoms with Gasteiger partial charge in [0.1, 0.15) is 12.2 Å². The zero-order valence-corrected chi connectivity index (χ0v) is 11.8. The van der Waals surface area contributed by atoms with Crippen LogP contribution in [0.25, 0.3) is 11.0 Å². The first kappa shape index (κ1) is 12.5. The minimum absolute atomic E-state index is 0.0906. The first-order valence-electron chi connectivity index (χ1n) is 7.18. The van der Waals surface area contributed by atoms with Crippen molar-refractivity contribution in [1.29, 1.82) is 0 Å². The molecule has 1 aliphatic rings. The van der Waals surface area contributed by atoms with Crippen LogP contribution >= 0.6 is 11.6 Å². The van der Waals surface area contributed by atoms with E-state index < -0.39 is 35.4 Å². The maximum absolute atomic E-state index is 11.9. The number of H-pyrrole nitrogens is 1. The highest BCUT2D eigenvalue weighted by Crippen LogP contribution is 2.43. The third-order valence-electron chi connectivity index (χ3n) is 3.55. The highest BCUT2D eigenvalue weighted by molar-refractivity contribution is 6.27. The molecule has 3 heterocycles. The molecule has 0 bridgehead atoms. The molecule has 0 spiro atoms. The number of nitrogens with one attached hydrogen (secondary N) is 1. The number of hydrogen-bond donors (Lipinski definition) is 4. The van der Waals surface area contributed by atoms with Gasteiger partial charge in [-0.25, -0.2) is 0 Å². The smallest absolute Gasteiger partial charge is 0.261 e. The summed E-state index contributed by atoms with van der Waals surface area (Å²) in [5.41, 5.74) is 5.13. The summed E-state index contributed by atoms with van der Waals surface area (Å²) in [5, 5.41) is 20.0. The number of halogens is 1. The van der Waals surface area contributed by atoms with Crippen LogP contribution in [0.5, 0.6) is 0 Å². The second kappa shape index (κ2) is 5.00. The number of fused-ring (bicyclic) bond motifs is 1. The summed E-state index contributed by atoms with van der Waals surface area (Å²) in [6.07, 6.45) is 2.10. The minimum atomic E-state index is -2.89. The van der Waals surface area contributed by atoms with Gasteiger partial charge < -0.3 is 25.3 Å². The number of nitrogen functional groups attached to an aromatic ring is 1. The van der Waals surface area contributed by atoms with Crippen LogP contribution in [0.2, 0.25) is 0 Å². The third kappa shape index (κ3) is 1.91. The van der Waals surface area contributed by atoms with Crippen LogP contribution in [0.4, 0.5) is 5.95 Å². The SMILES string of the molecule is [2H]C([2H])(O)[C@H]1O[C@@H](n2ccc3c(=O)[nH]c(N)nc32)C(Cl)(C#C)[C@H]1O. The van der Waals surface area contributed by atoms with E-state index in [9.17, 15) is 15.0 Å². The van der Waals surface area contributed by atoms with E-state index in [0.29, 0.717) is 0 Å². The summed E-state index contributed by atoms with van der Waals surface area (Å²) in [4.78, 5) is 16.3. The monoisotopic (exact) mass is 326 g/mol. The summed E-state index contributed by atoms with van der Waals surface area (Å²) in [5.74, 6) is 2.02. The standard InChI is InChI=1S/C13H13ClN4O4/c1-2-13(14)8(20)7(5-19)22-11(13)18-4-3-6-9(18)16-12(15)17-10(6)21/h1,3-4,7-8,11,19-20H,5H2,(H3,15,16,17,21)/t7-,8+,11-,13?/m1/s1/i5D2. The first-order chi connectivity index (χ1) is 11.1. The molecule has 9 heteroatoms. The molecule has 1 saturated heterocycles. The third-order valence-corrected chi connectivity index (χ3v) is 4.07. The van der Waals surface area contributed by atoms with Crippen molar-refractivity contribution in [3.63, 3.8) is 0 Å². The number of terminal acetylenes is 1. The lowest BCUT2D eigenvalue weighted by atomic mass is 9.99. The molecule has 2 aromatic rings. The van der Waals surface area contributed by atoms with Crippen molar-refractivity contribution in [2.75, 3.05) is 12.3 Å². The van der Waals surface area contributed by atoms with E-state index in [1.807, 2.05) is 0 Å². The molecule has 5 N–H and O–H groups in total. The lowest BCUT2D eigenvalue weighted by Crippen LogP contribution is -2.41. The van der Waals surface area contributed by atoms with Crippen LogP contribution in [-0.4, -0.2) is 48.4 Å². The number of aromatic nitrogens is 3. The average molecular weight is 327 g/mol. The van der Waals surface area contributed by atoms with Gasteiger partial charge in [-0.3, -0.25) is 9.78 Å². The number of aliphatic hydroxyl groups excluding tert-OH is 1. The lowest BCUT2D eigenvalue weighted by Gasteiger charge is -2.25. The Kier molecular flexibility index (Phi) is 2.84. The predicted molar refractivity (Wildman–Crippen MR) is 79.2 cm³/mol. The predicted octanol–water partition coefficient (Wildman–Crippen LogP) is -0.832. The van der Waals surface area contributed by atoms with Crippen LogP contribution in [0.3, 0.4) is 0 Å². The van der Waals surface area contributed by atoms with E-state index in [0.717, 1.165) is 0 Å². The highest BCUT2D eigenvalue weighted by atomic mass is 35.5. The summed E-state index contributed by atoms with van der Waals surface area (Å²) >= 11 is 6.29. The number of rotatable bonds is 2. The van der Waals surface area contributed by atoms with Gasteiger partial charge in [0.2, 0.25) is 5.95 Å². The second-order valence-electron chi connectivity index (χ2n) is 4.81. The summed E-state index contributed by atoms with van der Waals surface area (Å²) in [6.45, 7) is -2.89. The van der Waals surface area contributed by atoms with Crippen molar-refractivity contribution in [3.8, 4) is 12.3 Å². The molecule has 0 aliphatic carbocycles. The summed E-state index contributed by atoms with van der Waals surface area (Å²) < 4.78 is 21.4. The summed E-state index contributed by atoms with van der Waals surface area (Å²) in [7, 11) is 0. The Balaban J connectivity index is 2.19. The van der Waals surface area contributed by atoms with Gasteiger partial charge in [-0.05, 0) is 6.07 Å². The number of anilines is 1. The molecule has 0 amide bonds. The Bertz CT molecular complexity index is 902. The van der Waals surface area contributed by atoms with Gasteiger partial charge in [0, 0.05) is 6.20 Å². The zero-order chi connectivity index (χ0) is 17.9. The van der Waals surface area contributed by atoms with Crippen molar-refractivity contribution >= 4 is 28.6 Å². The molecule has 0 saturated carbocycles. The van der Waals surface area contributed by atoms with Gasteiger partial charge in [0.25, 0.3) is 5.56 Å². The topological polar surface area (TPSA) is 126 Å². The van der Waals surface area contributed by atoms with Gasteiger partial charge >= 0.3 is 0 Å². The fraction of sp³-hybridized carbons (Fsp3) is 0.385. The Hall–Kier alpha value is -2.05. The second-order valence-corrected chi connectivity index (χ2v) is 5.43. The molecular formula is C13H13ClN4O4. The van der Waals surface area contributed by atoms with E-state index in [1.165, 1.54) is 16.8 Å². The number of aliphatic hydroxyl groups is 2. The van der Waals surface area contributed by atoms with Gasteiger partial charge in [-0.2, -0.15) is 4.98 Å². The number of alkyl halides is 1. The van der Waals surface area contributed by atoms with Crippen LogP contribution in [0.1, 0.15) is 8.97 Å². The Morgan fingerprint density at radius 1 is 1.77 bits per heavy atom. The van der Waals surface area contributed by atoms with E-state index in [2.05, 4.69) is 15.9 Å². The van der Waals surface area contributed by atoms with Crippen molar-refractivity contribution < 1.29 is 17.7 Å². The molecular weight excluding hydrogens is 312 g/mol. The first-order valence-corrected chi connectivity index (χ1v) is 6.56. The summed E-state index contributed by atoms with van der Waals surface area (Å²) in [6, 6.07) is 1.42. The van der Waals surface area contributed by atoms with Crippen molar-refractivity contribution in [2.45, 2.75) is 23.3 Å². The highest BCUT2D eigenvalue weighted by Gasteiger charge is 2.55. The number of hydrogen-bond acceptors (Lipinski definition) is 6. The van der Waals surface area contributed by atoms with Crippen molar-refractivity contribution in [1.82, 2.24) is 14.5 Å². The van der Waals surface area contributed by atoms with Crippen LogP contribution in [0.15, 0.2) is 17.1 Å².